The topological polar surface area (TPSA) is 168 Å². The van der Waals surface area contributed by atoms with Gasteiger partial charge in [0.1, 0.15) is 0 Å². The molecule has 4 atom stereocenters. The predicted molar refractivity (Wildman–Crippen MR) is 116 cm³/mol. The Morgan fingerprint density at radius 2 is 1.32 bits per heavy atom. The number of benzene rings is 1. The number of nitrogens with two attached hydrogens (primary N) is 2. The highest BCUT2D eigenvalue weighted by atomic mass is 16.2. The summed E-state index contributed by atoms with van der Waals surface area (Å²) in [6.45, 7) is 1.83. The Bertz CT molecular complexity index is 873. The lowest BCUT2D eigenvalue weighted by Crippen LogP contribution is -2.44. The van der Waals surface area contributed by atoms with Gasteiger partial charge in [0.05, 0.1) is 11.8 Å². The van der Waals surface area contributed by atoms with Crippen molar-refractivity contribution in [1.29, 1.82) is 0 Å². The molecule has 3 rings (SSSR count). The van der Waals surface area contributed by atoms with E-state index >= 15 is 0 Å². The second-order valence-electron chi connectivity index (χ2n) is 8.32. The van der Waals surface area contributed by atoms with E-state index in [9.17, 15) is 19.2 Å². The quantitative estimate of drug-likeness (QED) is 0.403. The third-order valence-electron chi connectivity index (χ3n) is 6.14. The number of rotatable bonds is 6. The minimum Gasteiger partial charge on any atom is -0.369 e. The highest BCUT2D eigenvalue weighted by molar-refractivity contribution is 5.94. The van der Waals surface area contributed by atoms with Crippen molar-refractivity contribution < 1.29 is 19.2 Å². The van der Waals surface area contributed by atoms with E-state index in [1.807, 2.05) is 6.92 Å². The van der Waals surface area contributed by atoms with Gasteiger partial charge in [-0.05, 0) is 50.3 Å². The zero-order valence-corrected chi connectivity index (χ0v) is 17.6. The molecule has 0 aliphatic heterocycles. The summed E-state index contributed by atoms with van der Waals surface area (Å²) in [5.41, 5.74) is 12.6. The van der Waals surface area contributed by atoms with Gasteiger partial charge in [-0.2, -0.15) is 0 Å². The van der Waals surface area contributed by atoms with Crippen LogP contribution >= 0.6 is 0 Å². The first-order chi connectivity index (χ1) is 14.7. The molecule has 0 bridgehead atoms. The second-order valence-corrected chi connectivity index (χ2v) is 8.32. The van der Waals surface area contributed by atoms with Crippen LogP contribution in [0.3, 0.4) is 0 Å². The largest absolute Gasteiger partial charge is 0.369 e. The average molecular weight is 431 g/mol. The number of carbonyl (C=O) groups excluding carboxylic acids is 4. The molecule has 0 aromatic heterocycles. The SMILES string of the molecule is Cc1ccc(NC(=O)N[C@@H]2CCC[C@@H]2C(N)=O)cc1NC(=O)N[C@H]1CCC[C@@H]1C(N)=O. The predicted octanol–water partition coefficient (Wildman–Crippen LogP) is 1.55. The lowest BCUT2D eigenvalue weighted by atomic mass is 10.0. The number of aryl methyl sites for hydroxylation is 1. The Morgan fingerprint density at radius 1 is 0.806 bits per heavy atom. The fraction of sp³-hybridized carbons (Fsp3) is 0.524. The molecule has 0 radical (unpaired) electrons. The van der Waals surface area contributed by atoms with E-state index < -0.39 is 23.9 Å². The molecule has 0 unspecified atom stereocenters. The summed E-state index contributed by atoms with van der Waals surface area (Å²) in [5, 5.41) is 11.1. The van der Waals surface area contributed by atoms with Gasteiger partial charge < -0.3 is 32.7 Å². The molecular formula is C21H30N6O4. The molecule has 31 heavy (non-hydrogen) atoms. The molecule has 0 heterocycles. The van der Waals surface area contributed by atoms with E-state index in [-0.39, 0.29) is 23.9 Å². The summed E-state index contributed by atoms with van der Waals surface area (Å²) >= 11 is 0. The average Bonchev–Trinajstić information content (AvgIpc) is 3.33. The van der Waals surface area contributed by atoms with Crippen LogP contribution in [0, 0.1) is 18.8 Å². The van der Waals surface area contributed by atoms with E-state index in [0.717, 1.165) is 18.4 Å². The Labute approximate surface area is 180 Å². The summed E-state index contributed by atoms with van der Waals surface area (Å²) in [6.07, 6.45) is 4.43. The highest BCUT2D eigenvalue weighted by Crippen LogP contribution is 2.27. The molecule has 2 aliphatic carbocycles. The maximum absolute atomic E-state index is 12.4. The van der Waals surface area contributed by atoms with Crippen LogP contribution in [0.2, 0.25) is 0 Å². The lowest BCUT2D eigenvalue weighted by molar-refractivity contribution is -0.122. The first kappa shape index (κ1) is 22.4. The Kier molecular flexibility index (Phi) is 6.98. The van der Waals surface area contributed by atoms with Gasteiger partial charge in [0.15, 0.2) is 0 Å². The van der Waals surface area contributed by atoms with Crippen molar-refractivity contribution in [2.45, 2.75) is 57.5 Å². The molecule has 1 aromatic rings. The van der Waals surface area contributed by atoms with Gasteiger partial charge in [0.2, 0.25) is 11.8 Å². The highest BCUT2D eigenvalue weighted by Gasteiger charge is 2.33. The number of nitrogens with one attached hydrogen (secondary N) is 4. The lowest BCUT2D eigenvalue weighted by Gasteiger charge is -2.20. The smallest absolute Gasteiger partial charge is 0.319 e. The number of primary amides is 2. The van der Waals surface area contributed by atoms with Gasteiger partial charge in [0.25, 0.3) is 0 Å². The summed E-state index contributed by atoms with van der Waals surface area (Å²) in [6, 6.07) is 3.71. The minimum atomic E-state index is -0.437. The molecule has 168 valence electrons. The monoisotopic (exact) mass is 430 g/mol. The second kappa shape index (κ2) is 9.67. The number of anilines is 2. The maximum Gasteiger partial charge on any atom is 0.319 e. The van der Waals surface area contributed by atoms with Crippen molar-refractivity contribution >= 4 is 35.3 Å². The summed E-state index contributed by atoms with van der Waals surface area (Å²) in [5.74, 6) is -1.53. The third kappa shape index (κ3) is 5.65. The zero-order valence-electron chi connectivity index (χ0n) is 17.6. The van der Waals surface area contributed by atoms with Crippen molar-refractivity contribution in [2.24, 2.45) is 23.3 Å². The van der Waals surface area contributed by atoms with Gasteiger partial charge in [-0.3, -0.25) is 9.59 Å². The van der Waals surface area contributed by atoms with Crippen LogP contribution in [0.15, 0.2) is 18.2 Å². The van der Waals surface area contributed by atoms with Crippen LogP contribution in [0.1, 0.15) is 44.1 Å². The van der Waals surface area contributed by atoms with Crippen LogP contribution < -0.4 is 32.7 Å². The van der Waals surface area contributed by atoms with E-state index in [4.69, 9.17) is 11.5 Å². The molecule has 10 heteroatoms. The van der Waals surface area contributed by atoms with Gasteiger partial charge in [0, 0.05) is 23.5 Å². The van der Waals surface area contributed by atoms with Gasteiger partial charge in [-0.1, -0.05) is 18.9 Å². The Hall–Kier alpha value is -3.30. The normalized spacial score (nSPS) is 24.9. The van der Waals surface area contributed by atoms with Crippen LogP contribution in [0.5, 0.6) is 0 Å². The molecule has 2 aliphatic rings. The maximum atomic E-state index is 12.4. The summed E-state index contributed by atoms with van der Waals surface area (Å²) in [4.78, 5) is 47.8. The van der Waals surface area contributed by atoms with Crippen molar-refractivity contribution in [3.05, 3.63) is 23.8 Å². The fourth-order valence-corrected chi connectivity index (χ4v) is 4.44. The number of urea groups is 2. The molecule has 2 fully saturated rings. The van der Waals surface area contributed by atoms with Crippen LogP contribution in [-0.2, 0) is 9.59 Å². The first-order valence-corrected chi connectivity index (χ1v) is 10.6. The molecule has 6 amide bonds. The number of carbonyl (C=O) groups is 4. The standard InChI is InChI=1S/C21H30N6O4/c1-11-8-9-12(24-20(30)25-15-6-2-4-13(15)18(22)28)10-17(11)27-21(31)26-16-7-3-5-14(16)19(23)29/h8-10,13-16H,2-7H2,1H3,(H2,22,28)(H2,23,29)(H2,24,25,30)(H2,26,27,31)/t13-,14-,15+,16-/m0/s1. The Balaban J connectivity index is 1.58. The van der Waals surface area contributed by atoms with Gasteiger partial charge in [-0.15, -0.1) is 0 Å². The molecule has 1 aromatic carbocycles. The van der Waals surface area contributed by atoms with E-state index in [0.29, 0.717) is 37.1 Å². The summed E-state index contributed by atoms with van der Waals surface area (Å²) < 4.78 is 0. The van der Waals surface area contributed by atoms with E-state index in [1.165, 1.54) is 0 Å². The van der Waals surface area contributed by atoms with Crippen molar-refractivity contribution in [3.8, 4) is 0 Å². The molecular weight excluding hydrogens is 400 g/mol. The van der Waals surface area contributed by atoms with Crippen molar-refractivity contribution in [1.82, 2.24) is 10.6 Å². The van der Waals surface area contributed by atoms with Gasteiger partial charge in [-0.25, -0.2) is 9.59 Å². The van der Waals surface area contributed by atoms with E-state index in [2.05, 4.69) is 21.3 Å². The van der Waals surface area contributed by atoms with Crippen LogP contribution in [-0.4, -0.2) is 36.0 Å². The number of hydrogen-bond donors (Lipinski definition) is 6. The number of amides is 6. The molecule has 8 N–H and O–H groups in total. The fourth-order valence-electron chi connectivity index (χ4n) is 4.44. The van der Waals surface area contributed by atoms with E-state index in [1.54, 1.807) is 18.2 Å². The molecule has 0 saturated heterocycles. The molecule has 0 spiro atoms. The zero-order chi connectivity index (χ0) is 22.5. The first-order valence-electron chi connectivity index (χ1n) is 10.6. The molecule has 2 saturated carbocycles. The minimum absolute atomic E-state index is 0.282. The summed E-state index contributed by atoms with van der Waals surface area (Å²) in [7, 11) is 0. The van der Waals surface area contributed by atoms with Gasteiger partial charge >= 0.3 is 12.1 Å². The third-order valence-corrected chi connectivity index (χ3v) is 6.14. The van der Waals surface area contributed by atoms with Crippen LogP contribution in [0.4, 0.5) is 21.0 Å². The van der Waals surface area contributed by atoms with Crippen molar-refractivity contribution in [2.75, 3.05) is 10.6 Å². The van der Waals surface area contributed by atoms with Crippen molar-refractivity contribution in [3.63, 3.8) is 0 Å². The molecule has 10 nitrogen and oxygen atoms in total. The van der Waals surface area contributed by atoms with Crippen LogP contribution in [0.25, 0.3) is 0 Å². The number of hydrogen-bond acceptors (Lipinski definition) is 4. The Morgan fingerprint density at radius 3 is 1.84 bits per heavy atom.